The van der Waals surface area contributed by atoms with Gasteiger partial charge < -0.3 is 10.2 Å². The highest BCUT2D eigenvalue weighted by Crippen LogP contribution is 2.46. The summed E-state index contributed by atoms with van der Waals surface area (Å²) in [4.78, 5) is 6.87. The first-order valence-corrected chi connectivity index (χ1v) is 9.85. The van der Waals surface area contributed by atoms with Crippen LogP contribution in [-0.4, -0.2) is 46.3 Å². The van der Waals surface area contributed by atoms with Gasteiger partial charge in [-0.1, -0.05) is 32.0 Å². The smallest absolute Gasteiger partial charge is 0.194 e. The minimum atomic E-state index is 0.127. The highest BCUT2D eigenvalue weighted by atomic mass is 15.4. The van der Waals surface area contributed by atoms with Crippen LogP contribution in [0.4, 0.5) is 0 Å². The van der Waals surface area contributed by atoms with Gasteiger partial charge >= 0.3 is 0 Å². The van der Waals surface area contributed by atoms with Crippen molar-refractivity contribution in [3.05, 3.63) is 47.8 Å². The van der Waals surface area contributed by atoms with Gasteiger partial charge in [-0.2, -0.15) is 5.10 Å². The van der Waals surface area contributed by atoms with Crippen molar-refractivity contribution in [3.8, 4) is 5.69 Å². The van der Waals surface area contributed by atoms with Gasteiger partial charge in [0, 0.05) is 37.3 Å². The number of aromatic nitrogens is 2. The summed E-state index contributed by atoms with van der Waals surface area (Å²) in [7, 11) is 1.87. The average Bonchev–Trinajstić information content (AvgIpc) is 3.02. The molecule has 5 heteroatoms. The van der Waals surface area contributed by atoms with Gasteiger partial charge in [-0.25, -0.2) is 4.68 Å². The van der Waals surface area contributed by atoms with Crippen molar-refractivity contribution in [1.29, 1.82) is 0 Å². The van der Waals surface area contributed by atoms with Crippen molar-refractivity contribution >= 4 is 5.96 Å². The standard InChI is InChI=1S/C22H33N5/c1-17-18(15-27(25-17)19-12-8-7-9-13-19)11-10-14-24-20(23-6)26-16-21(2,3)22(26,4)5/h7-9,12-13,15H,10-11,14,16H2,1-6H3,(H,23,24). The molecule has 0 saturated carbocycles. The highest BCUT2D eigenvalue weighted by molar-refractivity contribution is 5.81. The fourth-order valence-corrected chi connectivity index (χ4v) is 3.63. The number of aryl methyl sites for hydroxylation is 2. The maximum Gasteiger partial charge on any atom is 0.194 e. The SMILES string of the molecule is CN=C(NCCCc1cn(-c2ccccc2)nc1C)N1CC(C)(C)C1(C)C. The summed E-state index contributed by atoms with van der Waals surface area (Å²) in [6, 6.07) is 10.3. The second-order valence-electron chi connectivity index (χ2n) is 8.63. The molecule has 1 fully saturated rings. The second-order valence-corrected chi connectivity index (χ2v) is 8.63. The molecule has 0 radical (unpaired) electrons. The molecule has 1 saturated heterocycles. The molecule has 146 valence electrons. The molecule has 27 heavy (non-hydrogen) atoms. The monoisotopic (exact) mass is 367 g/mol. The molecular weight excluding hydrogens is 334 g/mol. The van der Waals surface area contributed by atoms with Crippen LogP contribution in [0.25, 0.3) is 5.69 Å². The van der Waals surface area contributed by atoms with E-state index in [-0.39, 0.29) is 5.54 Å². The molecule has 1 N–H and O–H groups in total. The molecule has 5 nitrogen and oxygen atoms in total. The van der Waals surface area contributed by atoms with Crippen LogP contribution in [0.1, 0.15) is 45.4 Å². The maximum absolute atomic E-state index is 4.66. The molecule has 1 aliphatic rings. The van der Waals surface area contributed by atoms with Gasteiger partial charge in [0.2, 0.25) is 0 Å². The summed E-state index contributed by atoms with van der Waals surface area (Å²) in [5, 5.41) is 8.20. The Balaban J connectivity index is 1.53. The van der Waals surface area contributed by atoms with E-state index >= 15 is 0 Å². The first-order valence-electron chi connectivity index (χ1n) is 9.85. The van der Waals surface area contributed by atoms with Crippen LogP contribution in [0.3, 0.4) is 0 Å². The molecule has 1 aliphatic heterocycles. The minimum absolute atomic E-state index is 0.127. The number of hydrogen-bond acceptors (Lipinski definition) is 2. The molecule has 1 aromatic carbocycles. The molecule has 0 atom stereocenters. The summed E-state index contributed by atoms with van der Waals surface area (Å²) in [6.45, 7) is 13.3. The van der Waals surface area contributed by atoms with Crippen LogP contribution in [-0.2, 0) is 6.42 Å². The number of benzene rings is 1. The molecule has 1 aromatic heterocycles. The molecule has 0 bridgehead atoms. The van der Waals surface area contributed by atoms with Crippen LogP contribution in [0.5, 0.6) is 0 Å². The first kappa shape index (κ1) is 19.5. The number of nitrogens with one attached hydrogen (secondary N) is 1. The Morgan fingerprint density at radius 2 is 1.89 bits per heavy atom. The van der Waals surface area contributed by atoms with E-state index in [2.05, 4.69) is 73.3 Å². The Labute approximate surface area is 163 Å². The fraction of sp³-hybridized carbons (Fsp3) is 0.545. The van der Waals surface area contributed by atoms with Gasteiger partial charge in [0.15, 0.2) is 5.96 Å². The lowest BCUT2D eigenvalue weighted by Gasteiger charge is -2.62. The van der Waals surface area contributed by atoms with Crippen LogP contribution >= 0.6 is 0 Å². The van der Waals surface area contributed by atoms with Crippen LogP contribution in [0.2, 0.25) is 0 Å². The Hall–Kier alpha value is -2.30. The Kier molecular flexibility index (Phi) is 5.31. The third kappa shape index (κ3) is 3.73. The zero-order chi connectivity index (χ0) is 19.7. The molecule has 0 unspecified atom stereocenters. The van der Waals surface area contributed by atoms with E-state index < -0.39 is 0 Å². The number of guanidine groups is 1. The lowest BCUT2D eigenvalue weighted by atomic mass is 9.65. The normalized spacial score (nSPS) is 18.3. The summed E-state index contributed by atoms with van der Waals surface area (Å²) in [5.74, 6) is 1.01. The quantitative estimate of drug-likeness (QED) is 0.497. The largest absolute Gasteiger partial charge is 0.356 e. The molecule has 0 spiro atoms. The van der Waals surface area contributed by atoms with Crippen molar-refractivity contribution in [2.45, 2.75) is 53.0 Å². The first-order chi connectivity index (χ1) is 12.8. The minimum Gasteiger partial charge on any atom is -0.356 e. The summed E-state index contributed by atoms with van der Waals surface area (Å²) >= 11 is 0. The zero-order valence-electron chi connectivity index (χ0n) is 17.6. The van der Waals surface area contributed by atoms with E-state index in [1.54, 1.807) is 0 Å². The molecule has 2 heterocycles. The Bertz CT molecular complexity index is 801. The number of nitrogens with zero attached hydrogens (tertiary/aromatic N) is 4. The topological polar surface area (TPSA) is 45.5 Å². The Morgan fingerprint density at radius 3 is 2.48 bits per heavy atom. The van der Waals surface area contributed by atoms with E-state index in [0.29, 0.717) is 5.41 Å². The molecule has 2 aromatic rings. The van der Waals surface area contributed by atoms with Crippen molar-refractivity contribution in [1.82, 2.24) is 20.0 Å². The lowest BCUT2D eigenvalue weighted by molar-refractivity contribution is -0.0667. The van der Waals surface area contributed by atoms with Crippen LogP contribution in [0, 0.1) is 12.3 Å². The van der Waals surface area contributed by atoms with Crippen LogP contribution < -0.4 is 5.32 Å². The maximum atomic E-state index is 4.66. The van der Waals surface area contributed by atoms with Crippen molar-refractivity contribution in [2.75, 3.05) is 20.1 Å². The third-order valence-electron chi connectivity index (χ3n) is 6.28. The fourth-order valence-electron chi connectivity index (χ4n) is 3.63. The second kappa shape index (κ2) is 7.37. The zero-order valence-corrected chi connectivity index (χ0v) is 17.6. The van der Waals surface area contributed by atoms with E-state index in [4.69, 9.17) is 0 Å². The predicted molar refractivity (Wildman–Crippen MR) is 113 cm³/mol. The lowest BCUT2D eigenvalue weighted by Crippen LogP contribution is -2.72. The van der Waals surface area contributed by atoms with Gasteiger partial charge in [0.05, 0.1) is 11.4 Å². The van der Waals surface area contributed by atoms with Crippen molar-refractivity contribution < 1.29 is 0 Å². The van der Waals surface area contributed by atoms with E-state index in [9.17, 15) is 0 Å². The van der Waals surface area contributed by atoms with Gasteiger partial charge in [-0.05, 0) is 51.3 Å². The molecule has 3 rings (SSSR count). The van der Waals surface area contributed by atoms with Gasteiger partial charge in [-0.3, -0.25) is 4.99 Å². The van der Waals surface area contributed by atoms with E-state index in [1.807, 2.05) is 29.9 Å². The predicted octanol–water partition coefficient (Wildman–Crippen LogP) is 3.81. The third-order valence-corrected chi connectivity index (χ3v) is 6.28. The number of likely N-dealkylation sites (tertiary alicyclic amines) is 1. The number of rotatable bonds is 5. The number of para-hydroxylation sites is 1. The van der Waals surface area contributed by atoms with Gasteiger partial charge in [-0.15, -0.1) is 0 Å². The Morgan fingerprint density at radius 1 is 1.19 bits per heavy atom. The summed E-state index contributed by atoms with van der Waals surface area (Å²) in [5.41, 5.74) is 3.96. The summed E-state index contributed by atoms with van der Waals surface area (Å²) in [6.07, 6.45) is 4.22. The molecule has 0 aliphatic carbocycles. The molecule has 0 amide bonds. The van der Waals surface area contributed by atoms with Crippen molar-refractivity contribution in [3.63, 3.8) is 0 Å². The highest BCUT2D eigenvalue weighted by Gasteiger charge is 2.53. The number of hydrogen-bond donors (Lipinski definition) is 1. The molecular formula is C22H33N5. The van der Waals surface area contributed by atoms with Crippen molar-refractivity contribution in [2.24, 2.45) is 10.4 Å². The summed E-state index contributed by atoms with van der Waals surface area (Å²) < 4.78 is 1.97. The van der Waals surface area contributed by atoms with Gasteiger partial charge in [0.25, 0.3) is 0 Å². The van der Waals surface area contributed by atoms with Crippen LogP contribution in [0.15, 0.2) is 41.5 Å². The average molecular weight is 368 g/mol. The number of aliphatic imine (C=N–C) groups is 1. The van der Waals surface area contributed by atoms with E-state index in [0.717, 1.165) is 43.3 Å². The van der Waals surface area contributed by atoms with E-state index in [1.165, 1.54) is 5.56 Å². The van der Waals surface area contributed by atoms with Gasteiger partial charge in [0.1, 0.15) is 0 Å².